The molecule has 0 aliphatic carbocycles. The second kappa shape index (κ2) is 5.34. The van der Waals surface area contributed by atoms with E-state index in [1.807, 2.05) is 0 Å². The first-order valence-corrected chi connectivity index (χ1v) is 5.29. The number of hydrogen-bond donors (Lipinski definition) is 1. The molecule has 0 aliphatic heterocycles. The van der Waals surface area contributed by atoms with E-state index >= 15 is 0 Å². The Hall–Kier alpha value is -2.63. The van der Waals surface area contributed by atoms with Gasteiger partial charge in [-0.25, -0.2) is 9.18 Å². The highest BCUT2D eigenvalue weighted by Crippen LogP contribution is 2.19. The maximum absolute atomic E-state index is 13.5. The molecule has 0 saturated heterocycles. The Morgan fingerprint density at radius 3 is 2.74 bits per heavy atom. The van der Waals surface area contributed by atoms with E-state index in [-0.39, 0.29) is 29.4 Å². The standard InChI is InChI=1S/C13H9FO5/c14-10-5-8(6-15)1-3-11(10)18-7-9-2-4-12(19-9)13(16)17/h1-6H,7H2,(H,16,17). The topological polar surface area (TPSA) is 76.7 Å². The third-order valence-electron chi connectivity index (χ3n) is 2.33. The van der Waals surface area contributed by atoms with E-state index in [1.54, 1.807) is 0 Å². The highest BCUT2D eigenvalue weighted by Gasteiger charge is 2.10. The van der Waals surface area contributed by atoms with Gasteiger partial charge in [0.2, 0.25) is 5.76 Å². The fourth-order valence-electron chi connectivity index (χ4n) is 1.43. The first kappa shape index (κ1) is 12.8. The van der Waals surface area contributed by atoms with Crippen LogP contribution in [0.3, 0.4) is 0 Å². The number of carboxylic acid groups (broad SMARTS) is 1. The van der Waals surface area contributed by atoms with Crippen LogP contribution in [0, 0.1) is 5.82 Å². The smallest absolute Gasteiger partial charge is 0.371 e. The van der Waals surface area contributed by atoms with Crippen LogP contribution in [0.1, 0.15) is 26.7 Å². The van der Waals surface area contributed by atoms with Gasteiger partial charge in [0.15, 0.2) is 11.6 Å². The van der Waals surface area contributed by atoms with Gasteiger partial charge < -0.3 is 14.3 Å². The quantitative estimate of drug-likeness (QED) is 0.839. The van der Waals surface area contributed by atoms with E-state index in [9.17, 15) is 14.0 Å². The molecule has 1 N–H and O–H groups in total. The van der Waals surface area contributed by atoms with Crippen molar-refractivity contribution in [2.75, 3.05) is 0 Å². The van der Waals surface area contributed by atoms with E-state index < -0.39 is 11.8 Å². The van der Waals surface area contributed by atoms with Crippen LogP contribution in [0.15, 0.2) is 34.7 Å². The zero-order valence-corrected chi connectivity index (χ0v) is 9.63. The van der Waals surface area contributed by atoms with Crippen LogP contribution in [-0.4, -0.2) is 17.4 Å². The number of carbonyl (C=O) groups is 2. The first-order valence-electron chi connectivity index (χ1n) is 5.29. The van der Waals surface area contributed by atoms with Crippen molar-refractivity contribution in [1.82, 2.24) is 0 Å². The van der Waals surface area contributed by atoms with Crippen LogP contribution in [0.4, 0.5) is 4.39 Å². The van der Waals surface area contributed by atoms with E-state index in [0.29, 0.717) is 6.29 Å². The predicted octanol–water partition coefficient (Wildman–Crippen LogP) is 2.51. The molecule has 0 bridgehead atoms. The molecule has 0 amide bonds. The summed E-state index contributed by atoms with van der Waals surface area (Å²) in [4.78, 5) is 21.0. The Balaban J connectivity index is 2.05. The summed E-state index contributed by atoms with van der Waals surface area (Å²) in [5.41, 5.74) is 0.205. The predicted molar refractivity (Wildman–Crippen MR) is 61.8 cm³/mol. The van der Waals surface area contributed by atoms with Crippen molar-refractivity contribution in [2.24, 2.45) is 0 Å². The molecule has 19 heavy (non-hydrogen) atoms. The summed E-state index contributed by atoms with van der Waals surface area (Å²) >= 11 is 0. The Bertz CT molecular complexity index is 617. The molecule has 2 rings (SSSR count). The van der Waals surface area contributed by atoms with Crippen LogP contribution in [0.5, 0.6) is 5.75 Å². The van der Waals surface area contributed by atoms with Gasteiger partial charge in [0.1, 0.15) is 18.7 Å². The third kappa shape index (κ3) is 2.98. The maximum Gasteiger partial charge on any atom is 0.371 e. The van der Waals surface area contributed by atoms with Crippen LogP contribution >= 0.6 is 0 Å². The number of carboxylic acids is 1. The Kier molecular flexibility index (Phi) is 3.61. The lowest BCUT2D eigenvalue weighted by Gasteiger charge is -2.05. The van der Waals surface area contributed by atoms with Crippen molar-refractivity contribution in [1.29, 1.82) is 0 Å². The Morgan fingerprint density at radius 1 is 1.37 bits per heavy atom. The third-order valence-corrected chi connectivity index (χ3v) is 2.33. The van der Waals surface area contributed by atoms with Crippen molar-refractivity contribution in [3.05, 3.63) is 53.2 Å². The summed E-state index contributed by atoms with van der Waals surface area (Å²) in [6.45, 7) is -0.107. The molecular formula is C13H9FO5. The average Bonchev–Trinajstić information content (AvgIpc) is 2.86. The van der Waals surface area contributed by atoms with E-state index in [0.717, 1.165) is 6.07 Å². The molecule has 0 fully saturated rings. The molecule has 5 nitrogen and oxygen atoms in total. The zero-order chi connectivity index (χ0) is 13.8. The number of aldehydes is 1. The van der Waals surface area contributed by atoms with Gasteiger partial charge in [0.25, 0.3) is 0 Å². The van der Waals surface area contributed by atoms with Crippen LogP contribution in [0.25, 0.3) is 0 Å². The molecule has 1 aromatic carbocycles. The molecule has 0 spiro atoms. The number of carbonyl (C=O) groups excluding carboxylic acids is 1. The fraction of sp³-hybridized carbons (Fsp3) is 0.0769. The summed E-state index contributed by atoms with van der Waals surface area (Å²) < 4.78 is 23.6. The lowest BCUT2D eigenvalue weighted by Crippen LogP contribution is -1.97. The lowest BCUT2D eigenvalue weighted by atomic mass is 10.2. The van der Waals surface area contributed by atoms with Gasteiger partial charge in [-0.2, -0.15) is 0 Å². The van der Waals surface area contributed by atoms with Gasteiger partial charge in [-0.1, -0.05) is 0 Å². The molecule has 2 aromatic rings. The summed E-state index contributed by atoms with van der Waals surface area (Å²) in [7, 11) is 0. The normalized spacial score (nSPS) is 10.2. The highest BCUT2D eigenvalue weighted by atomic mass is 19.1. The molecule has 6 heteroatoms. The minimum atomic E-state index is -1.19. The number of ether oxygens (including phenoxy) is 1. The zero-order valence-electron chi connectivity index (χ0n) is 9.63. The Labute approximate surface area is 107 Å². The maximum atomic E-state index is 13.5. The summed E-state index contributed by atoms with van der Waals surface area (Å²) in [5.74, 6) is -1.85. The summed E-state index contributed by atoms with van der Waals surface area (Å²) in [6.07, 6.45) is 0.526. The number of rotatable bonds is 5. The van der Waals surface area contributed by atoms with Gasteiger partial charge in [-0.15, -0.1) is 0 Å². The molecule has 1 heterocycles. The van der Waals surface area contributed by atoms with Crippen LogP contribution in [0.2, 0.25) is 0 Å². The van der Waals surface area contributed by atoms with Gasteiger partial charge >= 0.3 is 5.97 Å². The molecule has 0 atom stereocenters. The van der Waals surface area contributed by atoms with E-state index in [4.69, 9.17) is 14.3 Å². The van der Waals surface area contributed by atoms with Crippen LogP contribution in [-0.2, 0) is 6.61 Å². The average molecular weight is 264 g/mol. The van der Waals surface area contributed by atoms with Crippen LogP contribution < -0.4 is 4.74 Å². The SMILES string of the molecule is O=Cc1ccc(OCc2ccc(C(=O)O)o2)c(F)c1. The number of furan rings is 1. The Morgan fingerprint density at radius 2 is 2.16 bits per heavy atom. The van der Waals surface area contributed by atoms with Crippen molar-refractivity contribution < 1.29 is 28.2 Å². The fourth-order valence-corrected chi connectivity index (χ4v) is 1.43. The molecule has 98 valence electrons. The molecule has 0 aliphatic rings. The van der Waals surface area contributed by atoms with E-state index in [2.05, 4.69) is 0 Å². The number of benzene rings is 1. The van der Waals surface area contributed by atoms with Crippen molar-refractivity contribution in [3.63, 3.8) is 0 Å². The summed E-state index contributed by atoms with van der Waals surface area (Å²) in [5, 5.41) is 8.66. The van der Waals surface area contributed by atoms with Crippen molar-refractivity contribution in [2.45, 2.75) is 6.61 Å². The van der Waals surface area contributed by atoms with Gasteiger partial charge in [0.05, 0.1) is 0 Å². The minimum Gasteiger partial charge on any atom is -0.483 e. The largest absolute Gasteiger partial charge is 0.483 e. The first-order chi connectivity index (χ1) is 9.10. The monoisotopic (exact) mass is 264 g/mol. The number of hydrogen-bond acceptors (Lipinski definition) is 4. The molecule has 1 aromatic heterocycles. The van der Waals surface area contributed by atoms with Gasteiger partial charge in [-0.05, 0) is 30.3 Å². The molecule has 0 unspecified atom stereocenters. The van der Waals surface area contributed by atoms with E-state index in [1.165, 1.54) is 24.3 Å². The van der Waals surface area contributed by atoms with Gasteiger partial charge in [-0.3, -0.25) is 4.79 Å². The minimum absolute atomic E-state index is 0.0427. The summed E-state index contributed by atoms with van der Waals surface area (Å²) in [6, 6.07) is 6.50. The second-order valence-electron chi connectivity index (χ2n) is 3.67. The second-order valence-corrected chi connectivity index (χ2v) is 3.67. The number of halogens is 1. The lowest BCUT2D eigenvalue weighted by molar-refractivity contribution is 0.0658. The number of aromatic carboxylic acids is 1. The van der Waals surface area contributed by atoms with Crippen molar-refractivity contribution >= 4 is 12.3 Å². The highest BCUT2D eigenvalue weighted by molar-refractivity contribution is 5.84. The van der Waals surface area contributed by atoms with Gasteiger partial charge in [0, 0.05) is 5.56 Å². The molecular weight excluding hydrogens is 255 g/mol. The molecule has 0 saturated carbocycles. The van der Waals surface area contributed by atoms with Crippen molar-refractivity contribution in [3.8, 4) is 5.75 Å². The molecule has 0 radical (unpaired) electrons.